The van der Waals surface area contributed by atoms with Gasteiger partial charge < -0.3 is 24.8 Å². The highest BCUT2D eigenvalue weighted by Gasteiger charge is 2.05. The molecule has 0 amide bonds. The van der Waals surface area contributed by atoms with Gasteiger partial charge in [-0.2, -0.15) is 10.1 Å². The van der Waals surface area contributed by atoms with Gasteiger partial charge in [-0.15, -0.1) is 5.10 Å². The lowest BCUT2D eigenvalue weighted by Crippen LogP contribution is -2.09. The van der Waals surface area contributed by atoms with Crippen LogP contribution >= 0.6 is 0 Å². The van der Waals surface area contributed by atoms with E-state index in [2.05, 4.69) is 25.8 Å². The van der Waals surface area contributed by atoms with Gasteiger partial charge in [-0.25, -0.2) is 0 Å². The molecule has 2 N–H and O–H groups in total. The van der Waals surface area contributed by atoms with Gasteiger partial charge in [0.15, 0.2) is 17.3 Å². The molecule has 8 heteroatoms. The second-order valence-electron chi connectivity index (χ2n) is 5.88. The van der Waals surface area contributed by atoms with E-state index in [1.54, 1.807) is 27.5 Å². The Balaban J connectivity index is 1.57. The third-order valence-corrected chi connectivity index (χ3v) is 4.07. The van der Waals surface area contributed by atoms with E-state index in [9.17, 15) is 0 Å². The van der Waals surface area contributed by atoms with E-state index in [0.717, 1.165) is 29.2 Å². The highest BCUT2D eigenvalue weighted by Crippen LogP contribution is 2.27. The molecule has 146 valence electrons. The second kappa shape index (κ2) is 9.40. The monoisotopic (exact) mass is 381 g/mol. The van der Waals surface area contributed by atoms with Crippen LogP contribution in [0.25, 0.3) is 0 Å². The molecule has 0 atom stereocenters. The first-order valence-corrected chi connectivity index (χ1v) is 8.77. The van der Waals surface area contributed by atoms with E-state index < -0.39 is 0 Å². The Kier molecular flexibility index (Phi) is 6.46. The molecule has 0 aliphatic rings. The molecule has 28 heavy (non-hydrogen) atoms. The summed E-state index contributed by atoms with van der Waals surface area (Å²) in [4.78, 5) is 4.43. The number of benzene rings is 2. The molecule has 0 bridgehead atoms. The molecule has 3 aromatic rings. The van der Waals surface area contributed by atoms with Gasteiger partial charge >= 0.3 is 0 Å². The highest BCUT2D eigenvalue weighted by atomic mass is 16.5. The van der Waals surface area contributed by atoms with Gasteiger partial charge in [-0.05, 0) is 48.4 Å². The standard InChI is InChI=1S/C20H23N5O3/c1-26-16-7-5-15(6-8-16)23-20-24-19(13-22-25-20)21-11-10-14-4-9-17(27-2)18(12-14)28-3/h4-9,12-13H,10-11H2,1-3H3,(H2,21,23,24,25). The second-order valence-corrected chi connectivity index (χ2v) is 5.88. The normalized spacial score (nSPS) is 10.2. The number of hydrogen-bond acceptors (Lipinski definition) is 8. The van der Waals surface area contributed by atoms with Crippen LogP contribution in [-0.4, -0.2) is 43.1 Å². The summed E-state index contributed by atoms with van der Waals surface area (Å²) in [5, 5.41) is 14.4. The Morgan fingerprint density at radius 2 is 1.68 bits per heavy atom. The van der Waals surface area contributed by atoms with Crippen LogP contribution in [0, 0.1) is 0 Å². The molecule has 0 aliphatic carbocycles. The third kappa shape index (κ3) is 5.00. The van der Waals surface area contributed by atoms with Gasteiger partial charge in [0.05, 0.1) is 27.5 Å². The van der Waals surface area contributed by atoms with E-state index in [1.807, 2.05) is 42.5 Å². The van der Waals surface area contributed by atoms with Crippen LogP contribution < -0.4 is 24.8 Å². The Bertz CT molecular complexity index is 903. The number of ether oxygens (including phenoxy) is 3. The lowest BCUT2D eigenvalue weighted by Gasteiger charge is -2.10. The van der Waals surface area contributed by atoms with E-state index in [-0.39, 0.29) is 0 Å². The van der Waals surface area contributed by atoms with Crippen LogP contribution in [0.3, 0.4) is 0 Å². The van der Waals surface area contributed by atoms with Crippen molar-refractivity contribution in [3.63, 3.8) is 0 Å². The molecule has 1 heterocycles. The fourth-order valence-electron chi connectivity index (χ4n) is 2.62. The zero-order valence-electron chi connectivity index (χ0n) is 16.1. The van der Waals surface area contributed by atoms with Crippen molar-refractivity contribution in [3.8, 4) is 17.2 Å². The Hall–Kier alpha value is -3.55. The molecule has 0 unspecified atom stereocenters. The topological polar surface area (TPSA) is 90.4 Å². The maximum atomic E-state index is 5.34. The SMILES string of the molecule is COc1ccc(Nc2nncc(NCCc3ccc(OC)c(OC)c3)n2)cc1. The molecular formula is C20H23N5O3. The molecule has 0 fully saturated rings. The number of methoxy groups -OCH3 is 3. The van der Waals surface area contributed by atoms with Crippen LogP contribution in [0.2, 0.25) is 0 Å². The first-order chi connectivity index (χ1) is 13.7. The zero-order chi connectivity index (χ0) is 19.8. The Morgan fingerprint density at radius 1 is 0.893 bits per heavy atom. The summed E-state index contributed by atoms with van der Waals surface area (Å²) in [5.41, 5.74) is 1.98. The van der Waals surface area contributed by atoms with Crippen LogP contribution in [-0.2, 0) is 6.42 Å². The van der Waals surface area contributed by atoms with E-state index >= 15 is 0 Å². The molecule has 0 saturated carbocycles. The van der Waals surface area contributed by atoms with Crippen molar-refractivity contribution in [2.75, 3.05) is 38.5 Å². The highest BCUT2D eigenvalue weighted by molar-refractivity contribution is 5.55. The van der Waals surface area contributed by atoms with Crippen molar-refractivity contribution in [3.05, 3.63) is 54.2 Å². The van der Waals surface area contributed by atoms with Crippen molar-refractivity contribution < 1.29 is 14.2 Å². The molecule has 0 saturated heterocycles. The zero-order valence-corrected chi connectivity index (χ0v) is 16.1. The van der Waals surface area contributed by atoms with Crippen molar-refractivity contribution in [2.45, 2.75) is 6.42 Å². The summed E-state index contributed by atoms with van der Waals surface area (Å²) in [6.07, 6.45) is 2.39. The summed E-state index contributed by atoms with van der Waals surface area (Å²) in [5.74, 6) is 3.28. The lowest BCUT2D eigenvalue weighted by atomic mass is 10.1. The van der Waals surface area contributed by atoms with Crippen molar-refractivity contribution in [2.24, 2.45) is 0 Å². The summed E-state index contributed by atoms with van der Waals surface area (Å²) < 4.78 is 15.7. The number of hydrogen-bond donors (Lipinski definition) is 2. The molecular weight excluding hydrogens is 358 g/mol. The third-order valence-electron chi connectivity index (χ3n) is 4.07. The predicted molar refractivity (Wildman–Crippen MR) is 108 cm³/mol. The van der Waals surface area contributed by atoms with Crippen LogP contribution in [0.15, 0.2) is 48.7 Å². The van der Waals surface area contributed by atoms with Gasteiger partial charge in [0.1, 0.15) is 5.75 Å². The quantitative estimate of drug-likeness (QED) is 0.583. The Labute approximate surface area is 163 Å². The van der Waals surface area contributed by atoms with Gasteiger partial charge in [0.2, 0.25) is 5.95 Å². The summed E-state index contributed by atoms with van der Waals surface area (Å²) >= 11 is 0. The van der Waals surface area contributed by atoms with Gasteiger partial charge in [0.25, 0.3) is 0 Å². The van der Waals surface area contributed by atoms with E-state index in [0.29, 0.717) is 24.1 Å². The van der Waals surface area contributed by atoms with Crippen LogP contribution in [0.5, 0.6) is 17.2 Å². The number of anilines is 3. The van der Waals surface area contributed by atoms with E-state index in [4.69, 9.17) is 14.2 Å². The minimum absolute atomic E-state index is 0.418. The van der Waals surface area contributed by atoms with Crippen LogP contribution in [0.4, 0.5) is 17.5 Å². The van der Waals surface area contributed by atoms with Gasteiger partial charge in [0, 0.05) is 12.2 Å². The molecule has 0 spiro atoms. The maximum Gasteiger partial charge on any atom is 0.249 e. The summed E-state index contributed by atoms with van der Waals surface area (Å²) in [6.45, 7) is 0.691. The molecule has 1 aromatic heterocycles. The fraction of sp³-hybridized carbons (Fsp3) is 0.250. The van der Waals surface area contributed by atoms with Crippen LogP contribution in [0.1, 0.15) is 5.56 Å². The smallest absolute Gasteiger partial charge is 0.249 e. The van der Waals surface area contributed by atoms with Gasteiger partial charge in [-0.3, -0.25) is 0 Å². The first-order valence-electron chi connectivity index (χ1n) is 8.77. The number of nitrogens with zero attached hydrogens (tertiary/aromatic N) is 3. The van der Waals surface area contributed by atoms with Gasteiger partial charge in [-0.1, -0.05) is 6.07 Å². The minimum atomic E-state index is 0.418. The van der Waals surface area contributed by atoms with Crippen molar-refractivity contribution >= 4 is 17.5 Å². The summed E-state index contributed by atoms with van der Waals surface area (Å²) in [7, 11) is 4.88. The number of nitrogens with one attached hydrogen (secondary N) is 2. The lowest BCUT2D eigenvalue weighted by molar-refractivity contribution is 0.354. The first kappa shape index (κ1) is 19.2. The molecule has 0 aliphatic heterocycles. The minimum Gasteiger partial charge on any atom is -0.497 e. The molecule has 8 nitrogen and oxygen atoms in total. The Morgan fingerprint density at radius 3 is 2.39 bits per heavy atom. The summed E-state index contributed by atoms with van der Waals surface area (Å²) in [6, 6.07) is 13.4. The fourth-order valence-corrected chi connectivity index (χ4v) is 2.62. The van der Waals surface area contributed by atoms with E-state index in [1.165, 1.54) is 0 Å². The van der Waals surface area contributed by atoms with Crippen molar-refractivity contribution in [1.82, 2.24) is 15.2 Å². The average molecular weight is 381 g/mol. The molecule has 3 rings (SSSR count). The molecule has 2 aromatic carbocycles. The number of rotatable bonds is 9. The predicted octanol–water partition coefficient (Wildman–Crippen LogP) is 3.30. The maximum absolute atomic E-state index is 5.34. The number of aromatic nitrogens is 3. The largest absolute Gasteiger partial charge is 0.497 e. The molecule has 0 radical (unpaired) electrons. The average Bonchev–Trinajstić information content (AvgIpc) is 2.74. The van der Waals surface area contributed by atoms with Crippen molar-refractivity contribution in [1.29, 1.82) is 0 Å².